The van der Waals surface area contributed by atoms with Crippen molar-refractivity contribution in [3.8, 4) is 0 Å². The van der Waals surface area contributed by atoms with Crippen LogP contribution in [0, 0.1) is 23.4 Å². The number of anilines is 1. The van der Waals surface area contributed by atoms with Gasteiger partial charge < -0.3 is 11.1 Å². The molecule has 0 saturated heterocycles. The Morgan fingerprint density at radius 2 is 1.61 bits per heavy atom. The average Bonchev–Trinajstić information content (AvgIpc) is 2.30. The summed E-state index contributed by atoms with van der Waals surface area (Å²) in [6.45, 7) is 0.492. The number of nitrogens with one attached hydrogen (secondary N) is 1. The zero-order valence-corrected chi connectivity index (χ0v) is 10.1. The van der Waals surface area contributed by atoms with Gasteiger partial charge in [-0.05, 0) is 31.6 Å². The molecule has 1 fully saturated rings. The van der Waals surface area contributed by atoms with Gasteiger partial charge in [0.25, 0.3) is 0 Å². The van der Waals surface area contributed by atoms with E-state index in [2.05, 4.69) is 5.32 Å². The second kappa shape index (κ2) is 5.61. The molecular weight excluding hydrogens is 241 g/mol. The average molecular weight is 258 g/mol. The van der Waals surface area contributed by atoms with Gasteiger partial charge in [-0.15, -0.1) is 0 Å². The van der Waals surface area contributed by atoms with Crippen LogP contribution in [0.5, 0.6) is 0 Å². The van der Waals surface area contributed by atoms with Gasteiger partial charge in [0.1, 0.15) is 11.5 Å². The van der Waals surface area contributed by atoms with E-state index in [1.54, 1.807) is 0 Å². The Bertz CT molecular complexity index is 392. The molecule has 2 nitrogen and oxygen atoms in total. The van der Waals surface area contributed by atoms with Crippen LogP contribution in [0.3, 0.4) is 0 Å². The number of halogens is 3. The van der Waals surface area contributed by atoms with Crippen LogP contribution in [0.4, 0.5) is 18.9 Å². The van der Waals surface area contributed by atoms with Crippen molar-refractivity contribution in [2.24, 2.45) is 11.7 Å². The molecule has 5 heteroatoms. The maximum absolute atomic E-state index is 13.4. The topological polar surface area (TPSA) is 38.0 Å². The number of hydrogen-bond donors (Lipinski definition) is 2. The lowest BCUT2D eigenvalue weighted by Gasteiger charge is -2.26. The molecular formula is C13H17F3N2. The van der Waals surface area contributed by atoms with Gasteiger partial charge in [-0.25, -0.2) is 13.2 Å². The fourth-order valence-electron chi connectivity index (χ4n) is 2.35. The second-order valence-corrected chi connectivity index (χ2v) is 4.91. The minimum absolute atomic E-state index is 0.244. The predicted octanol–water partition coefficient (Wildman–Crippen LogP) is 3.03. The van der Waals surface area contributed by atoms with Crippen molar-refractivity contribution in [3.63, 3.8) is 0 Å². The molecule has 0 radical (unpaired) electrons. The zero-order chi connectivity index (χ0) is 13.1. The molecule has 100 valence electrons. The van der Waals surface area contributed by atoms with Crippen LogP contribution in [0.15, 0.2) is 12.1 Å². The molecule has 0 aromatic heterocycles. The number of hydrogen-bond acceptors (Lipinski definition) is 2. The van der Waals surface area contributed by atoms with Gasteiger partial charge in [-0.1, -0.05) is 0 Å². The lowest BCUT2D eigenvalue weighted by molar-refractivity contribution is 0.338. The van der Waals surface area contributed by atoms with Crippen molar-refractivity contribution >= 4 is 5.69 Å². The highest BCUT2D eigenvalue weighted by Crippen LogP contribution is 2.25. The van der Waals surface area contributed by atoms with Crippen LogP contribution >= 0.6 is 0 Å². The Balaban J connectivity index is 1.94. The molecule has 18 heavy (non-hydrogen) atoms. The molecule has 1 aliphatic carbocycles. The van der Waals surface area contributed by atoms with E-state index in [0.29, 0.717) is 24.6 Å². The SMILES string of the molecule is N[C@H]1CC[C@H](CNc2c(F)cc(F)cc2F)CC1. The van der Waals surface area contributed by atoms with Crippen molar-refractivity contribution in [2.75, 3.05) is 11.9 Å². The van der Waals surface area contributed by atoms with Crippen molar-refractivity contribution in [3.05, 3.63) is 29.6 Å². The predicted molar refractivity (Wildman–Crippen MR) is 64.7 cm³/mol. The fraction of sp³-hybridized carbons (Fsp3) is 0.538. The van der Waals surface area contributed by atoms with Gasteiger partial charge >= 0.3 is 0 Å². The Morgan fingerprint density at radius 1 is 1.06 bits per heavy atom. The highest BCUT2D eigenvalue weighted by atomic mass is 19.1. The van der Waals surface area contributed by atoms with Gasteiger partial charge in [-0.2, -0.15) is 0 Å². The fourth-order valence-corrected chi connectivity index (χ4v) is 2.35. The van der Waals surface area contributed by atoms with Gasteiger partial charge in [0.15, 0.2) is 11.6 Å². The highest BCUT2D eigenvalue weighted by molar-refractivity contribution is 5.46. The van der Waals surface area contributed by atoms with Crippen molar-refractivity contribution in [2.45, 2.75) is 31.7 Å². The highest BCUT2D eigenvalue weighted by Gasteiger charge is 2.19. The monoisotopic (exact) mass is 258 g/mol. The van der Waals surface area contributed by atoms with Crippen LogP contribution in [-0.4, -0.2) is 12.6 Å². The second-order valence-electron chi connectivity index (χ2n) is 4.91. The summed E-state index contributed by atoms with van der Waals surface area (Å²) in [6, 6.07) is 1.62. The van der Waals surface area contributed by atoms with Crippen LogP contribution in [0.25, 0.3) is 0 Å². The molecule has 0 spiro atoms. The van der Waals surface area contributed by atoms with E-state index in [9.17, 15) is 13.2 Å². The van der Waals surface area contributed by atoms with E-state index in [1.807, 2.05) is 0 Å². The Kier molecular flexibility index (Phi) is 4.11. The third-order valence-electron chi connectivity index (χ3n) is 3.47. The maximum atomic E-state index is 13.4. The molecule has 1 aromatic rings. The Hall–Kier alpha value is -1.23. The molecule has 0 unspecified atom stereocenters. The summed E-state index contributed by atoms with van der Waals surface area (Å²) < 4.78 is 39.5. The molecule has 2 rings (SSSR count). The van der Waals surface area contributed by atoms with E-state index in [0.717, 1.165) is 25.7 Å². The largest absolute Gasteiger partial charge is 0.380 e. The van der Waals surface area contributed by atoms with E-state index >= 15 is 0 Å². The van der Waals surface area contributed by atoms with Crippen molar-refractivity contribution in [1.82, 2.24) is 0 Å². The molecule has 3 N–H and O–H groups in total. The van der Waals surface area contributed by atoms with Gasteiger partial charge in [-0.3, -0.25) is 0 Å². The number of nitrogens with two attached hydrogens (primary N) is 1. The third-order valence-corrected chi connectivity index (χ3v) is 3.47. The molecule has 0 amide bonds. The number of rotatable bonds is 3. The van der Waals surface area contributed by atoms with Crippen molar-refractivity contribution < 1.29 is 13.2 Å². The lowest BCUT2D eigenvalue weighted by Crippen LogP contribution is -2.29. The molecule has 1 aliphatic rings. The van der Waals surface area contributed by atoms with Gasteiger partial charge in [0, 0.05) is 24.7 Å². The van der Waals surface area contributed by atoms with E-state index in [1.165, 1.54) is 0 Å². The minimum atomic E-state index is -0.904. The zero-order valence-electron chi connectivity index (χ0n) is 10.1. The molecule has 1 saturated carbocycles. The van der Waals surface area contributed by atoms with Crippen LogP contribution < -0.4 is 11.1 Å². The molecule has 0 heterocycles. The van der Waals surface area contributed by atoms with Crippen LogP contribution in [-0.2, 0) is 0 Å². The number of benzene rings is 1. The van der Waals surface area contributed by atoms with E-state index in [-0.39, 0.29) is 11.7 Å². The summed E-state index contributed by atoms with van der Waals surface area (Å²) in [5, 5.41) is 2.74. The lowest BCUT2D eigenvalue weighted by atomic mass is 9.86. The summed E-state index contributed by atoms with van der Waals surface area (Å²) in [4.78, 5) is 0. The smallest absolute Gasteiger partial charge is 0.152 e. The summed E-state index contributed by atoms with van der Waals surface area (Å²) in [5.41, 5.74) is 5.54. The quantitative estimate of drug-likeness (QED) is 0.874. The van der Waals surface area contributed by atoms with Crippen LogP contribution in [0.2, 0.25) is 0 Å². The van der Waals surface area contributed by atoms with E-state index in [4.69, 9.17) is 5.73 Å². The molecule has 0 atom stereocenters. The first kappa shape index (κ1) is 13.2. The molecule has 0 bridgehead atoms. The maximum Gasteiger partial charge on any atom is 0.152 e. The first-order chi connectivity index (χ1) is 8.56. The molecule has 0 aliphatic heterocycles. The first-order valence-corrected chi connectivity index (χ1v) is 6.20. The summed E-state index contributed by atoms with van der Waals surface area (Å²) in [5.74, 6) is -2.31. The summed E-state index contributed by atoms with van der Waals surface area (Å²) >= 11 is 0. The van der Waals surface area contributed by atoms with Crippen molar-refractivity contribution in [1.29, 1.82) is 0 Å². The third kappa shape index (κ3) is 3.16. The van der Waals surface area contributed by atoms with E-state index < -0.39 is 17.5 Å². The molecule has 1 aromatic carbocycles. The normalized spacial score (nSPS) is 24.0. The Labute approximate surface area is 104 Å². The van der Waals surface area contributed by atoms with Gasteiger partial charge in [0.05, 0.1) is 0 Å². The summed E-state index contributed by atoms with van der Waals surface area (Å²) in [7, 11) is 0. The standard InChI is InChI=1S/C13H17F3N2/c14-9-5-11(15)13(12(16)6-9)18-7-8-1-3-10(17)4-2-8/h5-6,8,10,18H,1-4,7,17H2/t8-,10-. The minimum Gasteiger partial charge on any atom is -0.380 e. The Morgan fingerprint density at radius 3 is 2.17 bits per heavy atom. The summed E-state index contributed by atoms with van der Waals surface area (Å²) in [6.07, 6.45) is 3.80. The van der Waals surface area contributed by atoms with Gasteiger partial charge in [0.2, 0.25) is 0 Å². The van der Waals surface area contributed by atoms with Crippen LogP contribution in [0.1, 0.15) is 25.7 Å². The first-order valence-electron chi connectivity index (χ1n) is 6.20.